The quantitative estimate of drug-likeness (QED) is 0.646. The number of unbranched alkanes of at least 4 members (excludes halogenated alkanes) is 3. The maximum atomic E-state index is 4.46. The second-order valence-electron chi connectivity index (χ2n) is 5.18. The van der Waals surface area contributed by atoms with Crippen molar-refractivity contribution in [1.29, 1.82) is 0 Å². The van der Waals surface area contributed by atoms with E-state index in [-0.39, 0.29) is 0 Å². The third-order valence-corrected chi connectivity index (χ3v) is 3.56. The molecular formula is C18H23N. The molecule has 1 aromatic heterocycles. The average Bonchev–Trinajstić information content (AvgIpc) is 2.45. The molecular weight excluding hydrogens is 230 g/mol. The monoisotopic (exact) mass is 253 g/mol. The van der Waals surface area contributed by atoms with Gasteiger partial charge in [0, 0.05) is 11.8 Å². The fraction of sp³-hybridized carbons (Fsp3) is 0.389. The van der Waals surface area contributed by atoms with Crippen LogP contribution in [0.25, 0.3) is 11.3 Å². The molecule has 1 heterocycles. The maximum Gasteiger partial charge on any atom is 0.0731 e. The Morgan fingerprint density at radius 3 is 2.42 bits per heavy atom. The van der Waals surface area contributed by atoms with Gasteiger partial charge in [-0.05, 0) is 37.0 Å². The number of aryl methyl sites for hydroxylation is 2. The molecule has 0 aliphatic carbocycles. The smallest absolute Gasteiger partial charge is 0.0731 e. The molecule has 0 amide bonds. The highest BCUT2D eigenvalue weighted by Crippen LogP contribution is 2.21. The molecule has 1 heteroatoms. The van der Waals surface area contributed by atoms with Crippen molar-refractivity contribution in [2.24, 2.45) is 0 Å². The fourth-order valence-electron chi connectivity index (χ4n) is 2.37. The first-order valence-corrected chi connectivity index (χ1v) is 7.32. The van der Waals surface area contributed by atoms with Crippen LogP contribution < -0.4 is 0 Å². The van der Waals surface area contributed by atoms with Crippen molar-refractivity contribution >= 4 is 0 Å². The summed E-state index contributed by atoms with van der Waals surface area (Å²) in [5.41, 5.74) is 4.99. The minimum absolute atomic E-state index is 1.10. The molecule has 0 fully saturated rings. The van der Waals surface area contributed by atoms with Crippen LogP contribution >= 0.6 is 0 Å². The highest BCUT2D eigenvalue weighted by atomic mass is 14.7. The van der Waals surface area contributed by atoms with E-state index in [0.717, 1.165) is 5.69 Å². The van der Waals surface area contributed by atoms with Crippen LogP contribution in [0.1, 0.15) is 43.7 Å². The number of nitrogens with zero attached hydrogens (tertiary/aromatic N) is 1. The number of benzene rings is 1. The summed E-state index contributed by atoms with van der Waals surface area (Å²) in [5, 5.41) is 0. The molecule has 0 atom stereocenters. The molecule has 1 nitrogen and oxygen atoms in total. The summed E-state index contributed by atoms with van der Waals surface area (Å²) in [5.74, 6) is 0. The van der Waals surface area contributed by atoms with Crippen molar-refractivity contribution in [3.63, 3.8) is 0 Å². The summed E-state index contributed by atoms with van der Waals surface area (Å²) < 4.78 is 0. The molecule has 0 saturated carbocycles. The minimum atomic E-state index is 1.10. The van der Waals surface area contributed by atoms with E-state index in [9.17, 15) is 0 Å². The Morgan fingerprint density at radius 1 is 0.947 bits per heavy atom. The Balaban J connectivity index is 2.01. The van der Waals surface area contributed by atoms with Crippen LogP contribution in [0, 0.1) is 6.92 Å². The Bertz CT molecular complexity index is 499. The SMILES string of the molecule is CCCCCCc1ccc(-c2ncccc2C)cc1. The molecule has 1 aromatic carbocycles. The third-order valence-electron chi connectivity index (χ3n) is 3.56. The lowest BCUT2D eigenvalue weighted by atomic mass is 10.0. The largest absolute Gasteiger partial charge is 0.256 e. The van der Waals surface area contributed by atoms with Crippen LogP contribution in [0.5, 0.6) is 0 Å². The molecule has 0 saturated heterocycles. The summed E-state index contributed by atoms with van der Waals surface area (Å²) in [6, 6.07) is 13.0. The molecule has 2 aromatic rings. The molecule has 2 rings (SSSR count). The summed E-state index contributed by atoms with van der Waals surface area (Å²) in [7, 11) is 0. The van der Waals surface area contributed by atoms with Gasteiger partial charge in [0.1, 0.15) is 0 Å². The Labute approximate surface area is 116 Å². The van der Waals surface area contributed by atoms with Gasteiger partial charge in [0.15, 0.2) is 0 Å². The van der Waals surface area contributed by atoms with E-state index in [2.05, 4.69) is 49.2 Å². The minimum Gasteiger partial charge on any atom is -0.256 e. The maximum absolute atomic E-state index is 4.46. The van der Waals surface area contributed by atoms with E-state index in [1.165, 1.54) is 48.8 Å². The second kappa shape index (κ2) is 7.08. The van der Waals surface area contributed by atoms with Crippen LogP contribution in [0.15, 0.2) is 42.6 Å². The molecule has 0 radical (unpaired) electrons. The van der Waals surface area contributed by atoms with Crippen LogP contribution in [-0.2, 0) is 6.42 Å². The zero-order chi connectivity index (χ0) is 13.5. The zero-order valence-corrected chi connectivity index (χ0v) is 12.0. The Morgan fingerprint density at radius 2 is 1.74 bits per heavy atom. The van der Waals surface area contributed by atoms with Crippen molar-refractivity contribution in [2.45, 2.75) is 46.0 Å². The summed E-state index contributed by atoms with van der Waals surface area (Å²) >= 11 is 0. The lowest BCUT2D eigenvalue weighted by Crippen LogP contribution is -1.89. The van der Waals surface area contributed by atoms with Gasteiger partial charge in [-0.3, -0.25) is 4.98 Å². The van der Waals surface area contributed by atoms with Gasteiger partial charge in [-0.2, -0.15) is 0 Å². The molecule has 0 unspecified atom stereocenters. The second-order valence-corrected chi connectivity index (χ2v) is 5.18. The predicted octanol–water partition coefficient (Wildman–Crippen LogP) is 5.18. The lowest BCUT2D eigenvalue weighted by Gasteiger charge is -2.06. The van der Waals surface area contributed by atoms with Crippen molar-refractivity contribution in [2.75, 3.05) is 0 Å². The van der Waals surface area contributed by atoms with Crippen molar-refractivity contribution in [1.82, 2.24) is 4.98 Å². The first-order valence-electron chi connectivity index (χ1n) is 7.32. The van der Waals surface area contributed by atoms with Gasteiger partial charge in [0.05, 0.1) is 5.69 Å². The van der Waals surface area contributed by atoms with E-state index in [0.29, 0.717) is 0 Å². The van der Waals surface area contributed by atoms with Gasteiger partial charge in [0.25, 0.3) is 0 Å². The third kappa shape index (κ3) is 3.92. The van der Waals surface area contributed by atoms with Crippen molar-refractivity contribution in [3.8, 4) is 11.3 Å². The first kappa shape index (κ1) is 13.8. The average molecular weight is 253 g/mol. The first-order chi connectivity index (χ1) is 9.31. The van der Waals surface area contributed by atoms with E-state index in [1.54, 1.807) is 0 Å². The molecule has 0 bridgehead atoms. The van der Waals surface area contributed by atoms with E-state index in [1.807, 2.05) is 12.3 Å². The highest BCUT2D eigenvalue weighted by molar-refractivity contribution is 5.62. The van der Waals surface area contributed by atoms with E-state index in [4.69, 9.17) is 0 Å². The van der Waals surface area contributed by atoms with Gasteiger partial charge in [-0.15, -0.1) is 0 Å². The summed E-state index contributed by atoms with van der Waals surface area (Å²) in [4.78, 5) is 4.46. The van der Waals surface area contributed by atoms with E-state index < -0.39 is 0 Å². The van der Waals surface area contributed by atoms with Crippen LogP contribution in [0.2, 0.25) is 0 Å². The van der Waals surface area contributed by atoms with Gasteiger partial charge < -0.3 is 0 Å². The summed E-state index contributed by atoms with van der Waals surface area (Å²) in [6.07, 6.45) is 8.36. The standard InChI is InChI=1S/C18H23N/c1-3-4-5-6-9-16-10-12-17(13-11-16)18-15(2)8-7-14-19-18/h7-8,10-14H,3-6,9H2,1-2H3. The molecule has 0 spiro atoms. The number of hydrogen-bond donors (Lipinski definition) is 0. The van der Waals surface area contributed by atoms with Crippen molar-refractivity contribution in [3.05, 3.63) is 53.7 Å². The highest BCUT2D eigenvalue weighted by Gasteiger charge is 2.02. The van der Waals surface area contributed by atoms with Gasteiger partial charge in [-0.25, -0.2) is 0 Å². The number of hydrogen-bond acceptors (Lipinski definition) is 1. The number of pyridine rings is 1. The normalized spacial score (nSPS) is 10.6. The fourth-order valence-corrected chi connectivity index (χ4v) is 2.37. The Hall–Kier alpha value is -1.63. The van der Waals surface area contributed by atoms with Gasteiger partial charge in [0.2, 0.25) is 0 Å². The molecule has 0 aliphatic heterocycles. The molecule has 0 N–H and O–H groups in total. The van der Waals surface area contributed by atoms with E-state index >= 15 is 0 Å². The van der Waals surface area contributed by atoms with Gasteiger partial charge in [-0.1, -0.05) is 56.5 Å². The zero-order valence-electron chi connectivity index (χ0n) is 12.0. The van der Waals surface area contributed by atoms with Crippen LogP contribution in [0.3, 0.4) is 0 Å². The van der Waals surface area contributed by atoms with Crippen molar-refractivity contribution < 1.29 is 0 Å². The lowest BCUT2D eigenvalue weighted by molar-refractivity contribution is 0.667. The predicted molar refractivity (Wildman–Crippen MR) is 82.3 cm³/mol. The molecule has 0 aliphatic rings. The number of rotatable bonds is 6. The molecule has 100 valence electrons. The van der Waals surface area contributed by atoms with Crippen LogP contribution in [-0.4, -0.2) is 4.98 Å². The Kier molecular flexibility index (Phi) is 5.14. The van der Waals surface area contributed by atoms with Crippen LogP contribution in [0.4, 0.5) is 0 Å². The van der Waals surface area contributed by atoms with Gasteiger partial charge >= 0.3 is 0 Å². The number of aromatic nitrogens is 1. The summed E-state index contributed by atoms with van der Waals surface area (Å²) in [6.45, 7) is 4.37. The topological polar surface area (TPSA) is 12.9 Å². The molecule has 19 heavy (non-hydrogen) atoms.